The van der Waals surface area contributed by atoms with Crippen molar-refractivity contribution in [2.45, 2.75) is 6.10 Å². The smallest absolute Gasteiger partial charge is 0.266 e. The van der Waals surface area contributed by atoms with E-state index in [9.17, 15) is 9.59 Å². The first-order valence-corrected chi connectivity index (χ1v) is 7.57. The molecular weight excluding hydrogens is 366 g/mol. The third-order valence-electron chi connectivity index (χ3n) is 3.48. The average Bonchev–Trinajstić information content (AvgIpc) is 2.82. The number of fused-ring (bicyclic) bond motifs is 1. The molecule has 1 aliphatic heterocycles. The van der Waals surface area contributed by atoms with Gasteiger partial charge in [-0.3, -0.25) is 19.7 Å². The molecule has 23 heavy (non-hydrogen) atoms. The molecule has 1 atom stereocenters. The summed E-state index contributed by atoms with van der Waals surface area (Å²) < 4.78 is 0.874. The Labute approximate surface area is 140 Å². The van der Waals surface area contributed by atoms with Crippen molar-refractivity contribution in [1.82, 2.24) is 5.06 Å². The van der Waals surface area contributed by atoms with E-state index in [1.165, 1.54) is 0 Å². The standard InChI is InChI=1S/C16H12BrNO5/c17-11-7-5-10(6-8-11)14(23-21)9-22-18-15(19)12-3-1-2-4-13(12)16(18)20/h1-8,14,21H,9H2. The SMILES string of the molecule is O=C1c2ccccc2C(=O)N1OCC(OO)c1ccc(Br)cc1. The van der Waals surface area contributed by atoms with Crippen LogP contribution in [0.15, 0.2) is 53.0 Å². The maximum absolute atomic E-state index is 12.2. The van der Waals surface area contributed by atoms with E-state index in [0.717, 1.165) is 4.47 Å². The maximum atomic E-state index is 12.2. The van der Waals surface area contributed by atoms with Gasteiger partial charge in [-0.1, -0.05) is 40.2 Å². The van der Waals surface area contributed by atoms with Gasteiger partial charge >= 0.3 is 0 Å². The number of halogens is 1. The summed E-state index contributed by atoms with van der Waals surface area (Å²) in [5, 5.41) is 9.74. The van der Waals surface area contributed by atoms with E-state index >= 15 is 0 Å². The molecule has 0 fully saturated rings. The van der Waals surface area contributed by atoms with Gasteiger partial charge in [0.2, 0.25) is 0 Å². The first-order valence-electron chi connectivity index (χ1n) is 6.78. The molecule has 2 aromatic carbocycles. The molecule has 0 radical (unpaired) electrons. The predicted molar refractivity (Wildman–Crippen MR) is 83.5 cm³/mol. The van der Waals surface area contributed by atoms with Gasteiger partial charge in [-0.05, 0) is 29.8 Å². The topological polar surface area (TPSA) is 76.1 Å². The molecule has 2 aromatic rings. The van der Waals surface area contributed by atoms with Crippen molar-refractivity contribution in [1.29, 1.82) is 0 Å². The highest BCUT2D eigenvalue weighted by Gasteiger charge is 2.37. The molecule has 0 aromatic heterocycles. The van der Waals surface area contributed by atoms with Crippen LogP contribution in [0.3, 0.4) is 0 Å². The molecule has 1 N–H and O–H groups in total. The van der Waals surface area contributed by atoms with Gasteiger partial charge in [0.25, 0.3) is 11.8 Å². The molecule has 1 heterocycles. The Balaban J connectivity index is 1.72. The minimum Gasteiger partial charge on any atom is -0.266 e. The molecule has 7 heteroatoms. The largest absolute Gasteiger partial charge is 0.285 e. The van der Waals surface area contributed by atoms with E-state index in [0.29, 0.717) is 21.8 Å². The van der Waals surface area contributed by atoms with E-state index in [2.05, 4.69) is 20.8 Å². The van der Waals surface area contributed by atoms with Crippen LogP contribution < -0.4 is 0 Å². The summed E-state index contributed by atoms with van der Waals surface area (Å²) >= 11 is 3.31. The van der Waals surface area contributed by atoms with E-state index in [1.807, 2.05) is 0 Å². The number of rotatable bonds is 5. The summed E-state index contributed by atoms with van der Waals surface area (Å²) in [5.74, 6) is -1.06. The summed E-state index contributed by atoms with van der Waals surface area (Å²) in [6.45, 7) is -0.191. The molecule has 3 rings (SSSR count). The summed E-state index contributed by atoms with van der Waals surface area (Å²) in [5.41, 5.74) is 1.23. The second-order valence-corrected chi connectivity index (χ2v) is 5.81. The number of benzene rings is 2. The summed E-state index contributed by atoms with van der Waals surface area (Å²) in [7, 11) is 0. The van der Waals surface area contributed by atoms with Gasteiger partial charge in [0.1, 0.15) is 12.7 Å². The number of hydrogen-bond donors (Lipinski definition) is 1. The van der Waals surface area contributed by atoms with E-state index in [1.54, 1.807) is 48.5 Å². The molecule has 0 spiro atoms. The summed E-state index contributed by atoms with van der Waals surface area (Å²) in [4.78, 5) is 34.0. The molecule has 0 bridgehead atoms. The Kier molecular flexibility index (Phi) is 4.53. The van der Waals surface area contributed by atoms with Gasteiger partial charge in [-0.2, -0.15) is 0 Å². The third kappa shape index (κ3) is 3.04. The van der Waals surface area contributed by atoms with Gasteiger partial charge in [-0.15, -0.1) is 5.06 Å². The first kappa shape index (κ1) is 15.8. The minimum atomic E-state index is -0.826. The molecular formula is C16H12BrNO5. The fourth-order valence-corrected chi connectivity index (χ4v) is 2.56. The predicted octanol–water partition coefficient (Wildman–Crippen LogP) is 3.21. The van der Waals surface area contributed by atoms with Crippen LogP contribution >= 0.6 is 15.9 Å². The van der Waals surface area contributed by atoms with Crippen LogP contribution in [0.2, 0.25) is 0 Å². The average molecular weight is 378 g/mol. The number of hydrogen-bond acceptors (Lipinski definition) is 5. The Morgan fingerprint density at radius 3 is 2.09 bits per heavy atom. The Morgan fingerprint density at radius 2 is 1.57 bits per heavy atom. The van der Waals surface area contributed by atoms with Gasteiger partial charge in [-0.25, -0.2) is 4.89 Å². The number of nitrogens with zero attached hydrogens (tertiary/aromatic N) is 1. The van der Waals surface area contributed by atoms with Crippen molar-refractivity contribution in [3.8, 4) is 0 Å². The highest BCUT2D eigenvalue weighted by atomic mass is 79.9. The lowest BCUT2D eigenvalue weighted by molar-refractivity contribution is -0.299. The Morgan fingerprint density at radius 1 is 1.00 bits per heavy atom. The van der Waals surface area contributed by atoms with Crippen molar-refractivity contribution in [2.75, 3.05) is 6.61 Å². The van der Waals surface area contributed by atoms with E-state index in [-0.39, 0.29) is 6.61 Å². The molecule has 0 saturated heterocycles. The highest BCUT2D eigenvalue weighted by molar-refractivity contribution is 9.10. The number of carbonyl (C=O) groups is 2. The van der Waals surface area contributed by atoms with Gasteiger partial charge in [0.05, 0.1) is 11.1 Å². The van der Waals surface area contributed by atoms with Crippen molar-refractivity contribution in [3.63, 3.8) is 0 Å². The Hall–Kier alpha value is -2.06. The number of hydroxylamine groups is 2. The van der Waals surface area contributed by atoms with E-state index in [4.69, 9.17) is 10.1 Å². The van der Waals surface area contributed by atoms with Crippen LogP contribution in [-0.4, -0.2) is 28.7 Å². The molecule has 1 unspecified atom stereocenters. The van der Waals surface area contributed by atoms with Crippen LogP contribution in [0.5, 0.6) is 0 Å². The van der Waals surface area contributed by atoms with Gasteiger partial charge < -0.3 is 0 Å². The molecule has 0 saturated carbocycles. The number of imide groups is 1. The fraction of sp³-hybridized carbons (Fsp3) is 0.125. The minimum absolute atomic E-state index is 0.191. The summed E-state index contributed by atoms with van der Waals surface area (Å²) in [6.07, 6.45) is -0.826. The van der Waals surface area contributed by atoms with Crippen molar-refractivity contribution in [2.24, 2.45) is 0 Å². The normalized spacial score (nSPS) is 15.0. The zero-order valence-electron chi connectivity index (χ0n) is 11.8. The van der Waals surface area contributed by atoms with Crippen LogP contribution in [0, 0.1) is 0 Å². The quantitative estimate of drug-likeness (QED) is 0.491. The van der Waals surface area contributed by atoms with Crippen LogP contribution in [0.4, 0.5) is 0 Å². The number of amides is 2. The van der Waals surface area contributed by atoms with Crippen molar-refractivity contribution < 1.29 is 24.6 Å². The second kappa shape index (κ2) is 6.59. The number of carbonyl (C=O) groups excluding carboxylic acids is 2. The first-order chi connectivity index (χ1) is 11.1. The highest BCUT2D eigenvalue weighted by Crippen LogP contribution is 2.25. The van der Waals surface area contributed by atoms with Crippen molar-refractivity contribution in [3.05, 3.63) is 69.7 Å². The molecule has 118 valence electrons. The van der Waals surface area contributed by atoms with Crippen molar-refractivity contribution >= 4 is 27.7 Å². The lowest BCUT2D eigenvalue weighted by atomic mass is 10.1. The molecule has 2 amide bonds. The lowest BCUT2D eigenvalue weighted by Crippen LogP contribution is -2.32. The third-order valence-corrected chi connectivity index (χ3v) is 4.01. The molecule has 1 aliphatic rings. The zero-order chi connectivity index (χ0) is 16.4. The molecule has 0 aliphatic carbocycles. The van der Waals surface area contributed by atoms with Gasteiger partial charge in [0.15, 0.2) is 0 Å². The summed E-state index contributed by atoms with van der Waals surface area (Å²) in [6, 6.07) is 13.5. The van der Waals surface area contributed by atoms with E-state index < -0.39 is 17.9 Å². The maximum Gasteiger partial charge on any atom is 0.285 e. The zero-order valence-corrected chi connectivity index (χ0v) is 13.4. The second-order valence-electron chi connectivity index (χ2n) is 4.89. The monoisotopic (exact) mass is 377 g/mol. The van der Waals surface area contributed by atoms with Crippen LogP contribution in [-0.2, 0) is 9.73 Å². The van der Waals surface area contributed by atoms with Gasteiger partial charge in [0, 0.05) is 4.47 Å². The fourth-order valence-electron chi connectivity index (χ4n) is 2.29. The van der Waals surface area contributed by atoms with Crippen LogP contribution in [0.1, 0.15) is 32.4 Å². The molecule has 6 nitrogen and oxygen atoms in total. The van der Waals surface area contributed by atoms with Crippen LogP contribution in [0.25, 0.3) is 0 Å². The Bertz CT molecular complexity index is 711. The lowest BCUT2D eigenvalue weighted by Gasteiger charge is -2.18.